The van der Waals surface area contributed by atoms with Gasteiger partial charge in [-0.3, -0.25) is 4.79 Å². The molecule has 1 aromatic rings. The van der Waals surface area contributed by atoms with Crippen LogP contribution in [0.2, 0.25) is 0 Å². The van der Waals surface area contributed by atoms with Crippen molar-refractivity contribution in [2.75, 3.05) is 14.2 Å². The van der Waals surface area contributed by atoms with Gasteiger partial charge in [-0.15, -0.1) is 11.3 Å². The van der Waals surface area contributed by atoms with Gasteiger partial charge in [-0.05, 0) is 28.1 Å². The number of carbonyl (C=O) groups is 2. The van der Waals surface area contributed by atoms with Crippen LogP contribution in [0.5, 0.6) is 0 Å². The Labute approximate surface area is 150 Å². The van der Waals surface area contributed by atoms with Crippen molar-refractivity contribution in [3.63, 3.8) is 0 Å². The maximum absolute atomic E-state index is 12.3. The average Bonchev–Trinajstić information content (AvgIpc) is 2.99. The van der Waals surface area contributed by atoms with E-state index < -0.39 is 17.9 Å². The fourth-order valence-electron chi connectivity index (χ4n) is 2.25. The summed E-state index contributed by atoms with van der Waals surface area (Å²) in [6.45, 7) is 0. The molecule has 7 nitrogen and oxygen atoms in total. The molecule has 2 heterocycles. The van der Waals surface area contributed by atoms with Crippen molar-refractivity contribution in [2.45, 2.75) is 12.3 Å². The molecule has 1 aromatic heterocycles. The van der Waals surface area contributed by atoms with Crippen LogP contribution in [0.25, 0.3) is 0 Å². The molecule has 126 valence electrons. The molecule has 2 N–H and O–H groups in total. The van der Waals surface area contributed by atoms with Crippen molar-refractivity contribution in [2.24, 2.45) is 5.73 Å². The number of methoxy groups -OCH3 is 2. The van der Waals surface area contributed by atoms with Crippen molar-refractivity contribution in [1.82, 2.24) is 0 Å². The lowest BCUT2D eigenvalue weighted by atomic mass is 9.87. The fraction of sp³-hybridized carbons (Fsp3) is 0.267. The molecule has 1 atom stereocenters. The molecule has 1 aliphatic heterocycles. The van der Waals surface area contributed by atoms with E-state index in [0.29, 0.717) is 4.88 Å². The zero-order chi connectivity index (χ0) is 17.9. The molecule has 0 spiro atoms. The van der Waals surface area contributed by atoms with Crippen LogP contribution in [0.4, 0.5) is 0 Å². The highest BCUT2D eigenvalue weighted by Gasteiger charge is 2.38. The van der Waals surface area contributed by atoms with E-state index >= 15 is 0 Å². The number of thiophene rings is 1. The molecule has 0 saturated carbocycles. The predicted molar refractivity (Wildman–Crippen MR) is 88.3 cm³/mol. The van der Waals surface area contributed by atoms with Crippen molar-refractivity contribution in [3.8, 4) is 6.07 Å². The largest absolute Gasteiger partial charge is 0.469 e. The minimum absolute atomic E-state index is 0.0136. The van der Waals surface area contributed by atoms with E-state index in [1.54, 1.807) is 12.1 Å². The lowest BCUT2D eigenvalue weighted by Gasteiger charge is -2.26. The Morgan fingerprint density at radius 1 is 1.42 bits per heavy atom. The number of hydrogen-bond acceptors (Lipinski definition) is 8. The van der Waals surface area contributed by atoms with E-state index in [0.717, 1.165) is 3.79 Å². The molecule has 0 aromatic carbocycles. The zero-order valence-corrected chi connectivity index (χ0v) is 15.2. The number of carbonyl (C=O) groups excluding carboxylic acids is 2. The third kappa shape index (κ3) is 3.44. The normalized spacial score (nSPS) is 17.2. The van der Waals surface area contributed by atoms with Gasteiger partial charge in [0, 0.05) is 4.88 Å². The second-order valence-corrected chi connectivity index (χ2v) is 7.14. The maximum Gasteiger partial charge on any atom is 0.338 e. The first-order chi connectivity index (χ1) is 11.4. The zero-order valence-electron chi connectivity index (χ0n) is 12.8. The third-order valence-electron chi connectivity index (χ3n) is 3.31. The summed E-state index contributed by atoms with van der Waals surface area (Å²) < 4.78 is 15.6. The van der Waals surface area contributed by atoms with Crippen molar-refractivity contribution in [1.29, 1.82) is 5.26 Å². The van der Waals surface area contributed by atoms with Crippen LogP contribution in [0.3, 0.4) is 0 Å². The van der Waals surface area contributed by atoms with Crippen molar-refractivity contribution >= 4 is 39.2 Å². The molecular weight excluding hydrogens is 400 g/mol. The third-order valence-corrected chi connectivity index (χ3v) is 5.00. The molecule has 0 aliphatic carbocycles. The summed E-state index contributed by atoms with van der Waals surface area (Å²) in [5.74, 6) is -2.22. The van der Waals surface area contributed by atoms with Gasteiger partial charge >= 0.3 is 11.9 Å². The summed E-state index contributed by atoms with van der Waals surface area (Å²) >= 11 is 4.68. The summed E-state index contributed by atoms with van der Waals surface area (Å²) in [4.78, 5) is 24.6. The second kappa shape index (κ2) is 7.51. The Hall–Kier alpha value is -2.31. The van der Waals surface area contributed by atoms with Gasteiger partial charge < -0.3 is 19.9 Å². The quantitative estimate of drug-likeness (QED) is 0.754. The molecule has 1 unspecified atom stereocenters. The fourth-order valence-corrected chi connectivity index (χ4v) is 3.80. The predicted octanol–water partition coefficient (Wildman–Crippen LogP) is 2.31. The second-order valence-electron chi connectivity index (χ2n) is 4.65. The molecule has 0 amide bonds. The molecule has 0 fully saturated rings. The first-order valence-electron chi connectivity index (χ1n) is 6.63. The summed E-state index contributed by atoms with van der Waals surface area (Å²) in [5.41, 5.74) is 5.97. The number of nitrogens with zero attached hydrogens (tertiary/aromatic N) is 1. The van der Waals surface area contributed by atoms with Crippen LogP contribution in [-0.2, 0) is 23.8 Å². The van der Waals surface area contributed by atoms with Gasteiger partial charge in [0.05, 0.1) is 29.5 Å². The van der Waals surface area contributed by atoms with Gasteiger partial charge in [-0.2, -0.15) is 5.26 Å². The van der Waals surface area contributed by atoms with Gasteiger partial charge in [-0.1, -0.05) is 0 Å². The average molecular weight is 413 g/mol. The van der Waals surface area contributed by atoms with E-state index in [9.17, 15) is 14.9 Å². The summed E-state index contributed by atoms with van der Waals surface area (Å²) in [7, 11) is 2.43. The minimum atomic E-state index is -0.771. The Balaban J connectivity index is 2.65. The number of rotatable bonds is 4. The first-order valence-corrected chi connectivity index (χ1v) is 8.24. The number of nitrogens with two attached hydrogens (primary N) is 1. The van der Waals surface area contributed by atoms with Gasteiger partial charge in [-0.25, -0.2) is 4.79 Å². The van der Waals surface area contributed by atoms with E-state index in [-0.39, 0.29) is 29.2 Å². The van der Waals surface area contributed by atoms with Crippen LogP contribution < -0.4 is 5.73 Å². The Morgan fingerprint density at radius 2 is 2.12 bits per heavy atom. The van der Waals surface area contributed by atoms with Gasteiger partial charge in [0.25, 0.3) is 0 Å². The molecule has 0 saturated heterocycles. The highest BCUT2D eigenvalue weighted by atomic mass is 79.9. The number of halogens is 1. The Kier molecular flexibility index (Phi) is 5.64. The monoisotopic (exact) mass is 412 g/mol. The van der Waals surface area contributed by atoms with E-state index in [1.165, 1.54) is 25.6 Å². The molecule has 9 heteroatoms. The van der Waals surface area contributed by atoms with E-state index in [1.807, 2.05) is 6.07 Å². The van der Waals surface area contributed by atoms with Crippen LogP contribution in [0.1, 0.15) is 17.2 Å². The Morgan fingerprint density at radius 3 is 2.62 bits per heavy atom. The summed E-state index contributed by atoms with van der Waals surface area (Å²) in [6.07, 6.45) is -0.302. The molecule has 0 radical (unpaired) electrons. The van der Waals surface area contributed by atoms with Gasteiger partial charge in [0.2, 0.25) is 5.88 Å². The first kappa shape index (κ1) is 18.0. The standard InChI is InChI=1S/C15H13BrN2O5S/c1-21-11(19)5-8-13(15(20)22-2)12(7(6-17)14(18)23-8)9-3-4-10(16)24-9/h3-4,12H,5,18H2,1-2H3. The topological polar surface area (TPSA) is 112 Å². The van der Waals surface area contributed by atoms with Crippen molar-refractivity contribution < 1.29 is 23.8 Å². The molecule has 2 rings (SSSR count). The van der Waals surface area contributed by atoms with Crippen LogP contribution in [-0.4, -0.2) is 26.2 Å². The molecule has 1 aliphatic rings. The number of esters is 2. The SMILES string of the molecule is COC(=O)CC1=C(C(=O)OC)C(c2ccc(Br)s2)C(C#N)=C(N)O1. The highest BCUT2D eigenvalue weighted by molar-refractivity contribution is 9.11. The van der Waals surface area contributed by atoms with E-state index in [4.69, 9.17) is 15.2 Å². The smallest absolute Gasteiger partial charge is 0.338 e. The maximum atomic E-state index is 12.3. The lowest BCUT2D eigenvalue weighted by Crippen LogP contribution is -2.26. The summed E-state index contributed by atoms with van der Waals surface area (Å²) in [6, 6.07) is 5.52. The van der Waals surface area contributed by atoms with Crippen LogP contribution in [0, 0.1) is 11.3 Å². The van der Waals surface area contributed by atoms with Crippen LogP contribution in [0.15, 0.2) is 38.7 Å². The molecular formula is C15H13BrN2O5S. The lowest BCUT2D eigenvalue weighted by molar-refractivity contribution is -0.140. The number of allylic oxidation sites excluding steroid dienone is 1. The van der Waals surface area contributed by atoms with Crippen molar-refractivity contribution in [3.05, 3.63) is 43.6 Å². The summed E-state index contributed by atoms with van der Waals surface area (Å²) in [5, 5.41) is 9.45. The minimum Gasteiger partial charge on any atom is -0.469 e. The number of ether oxygens (including phenoxy) is 3. The number of nitriles is 1. The molecule has 0 bridgehead atoms. The van der Waals surface area contributed by atoms with Gasteiger partial charge in [0.1, 0.15) is 23.8 Å². The highest BCUT2D eigenvalue weighted by Crippen LogP contribution is 2.43. The van der Waals surface area contributed by atoms with E-state index in [2.05, 4.69) is 20.7 Å². The number of hydrogen-bond donors (Lipinski definition) is 1. The molecule has 24 heavy (non-hydrogen) atoms. The van der Waals surface area contributed by atoms with Crippen LogP contribution >= 0.6 is 27.3 Å². The Bertz CT molecular complexity index is 790. The van der Waals surface area contributed by atoms with Gasteiger partial charge in [0.15, 0.2) is 0 Å².